The Kier molecular flexibility index (Phi) is 7.16. The molecule has 0 aliphatic heterocycles. The van der Waals surface area contributed by atoms with Crippen LogP contribution in [0, 0.1) is 12.7 Å². The Morgan fingerprint density at radius 1 is 1.04 bits per heavy atom. The lowest BCUT2D eigenvalue weighted by Gasteiger charge is -2.12. The minimum Gasteiger partial charge on any atom is -0.496 e. The average Bonchev–Trinajstić information content (AvgIpc) is 2.67. The number of ether oxygens (including phenoxy) is 3. The molecule has 0 fully saturated rings. The molecule has 0 radical (unpaired) electrons. The molecule has 144 valence electrons. The maximum atomic E-state index is 12.8. The number of esters is 1. The normalized spacial score (nSPS) is 10.2. The molecular weight excluding hydrogens is 353 g/mol. The molecule has 2 aromatic carbocycles. The van der Waals surface area contributed by atoms with E-state index < -0.39 is 18.5 Å². The van der Waals surface area contributed by atoms with Crippen molar-refractivity contribution in [3.63, 3.8) is 0 Å². The monoisotopic (exact) mass is 375 g/mol. The van der Waals surface area contributed by atoms with Gasteiger partial charge >= 0.3 is 5.97 Å². The van der Waals surface area contributed by atoms with Crippen LogP contribution in [0.25, 0.3) is 0 Å². The lowest BCUT2D eigenvalue weighted by atomic mass is 10.1. The van der Waals surface area contributed by atoms with Crippen molar-refractivity contribution in [2.75, 3.05) is 27.4 Å². The van der Waals surface area contributed by atoms with Crippen LogP contribution in [0.2, 0.25) is 0 Å². The van der Waals surface area contributed by atoms with Crippen LogP contribution in [-0.2, 0) is 16.0 Å². The van der Waals surface area contributed by atoms with Gasteiger partial charge in [-0.3, -0.25) is 4.79 Å². The summed E-state index contributed by atoms with van der Waals surface area (Å²) in [5.74, 6) is -0.397. The summed E-state index contributed by atoms with van der Waals surface area (Å²) in [6.45, 7) is 1.76. The van der Waals surface area contributed by atoms with Gasteiger partial charge in [-0.25, -0.2) is 9.18 Å². The predicted molar refractivity (Wildman–Crippen MR) is 97.7 cm³/mol. The van der Waals surface area contributed by atoms with Crippen molar-refractivity contribution in [3.05, 3.63) is 58.9 Å². The van der Waals surface area contributed by atoms with E-state index in [1.807, 2.05) is 0 Å². The lowest BCUT2D eigenvalue weighted by molar-refractivity contribution is -0.124. The van der Waals surface area contributed by atoms with Gasteiger partial charge in [0, 0.05) is 12.1 Å². The van der Waals surface area contributed by atoms with Crippen LogP contribution in [-0.4, -0.2) is 39.2 Å². The van der Waals surface area contributed by atoms with Crippen molar-refractivity contribution in [2.45, 2.75) is 13.3 Å². The highest BCUT2D eigenvalue weighted by atomic mass is 19.1. The highest BCUT2D eigenvalue weighted by Crippen LogP contribution is 2.29. The average molecular weight is 375 g/mol. The van der Waals surface area contributed by atoms with Crippen LogP contribution in [0.3, 0.4) is 0 Å². The van der Waals surface area contributed by atoms with Gasteiger partial charge in [-0.2, -0.15) is 0 Å². The van der Waals surface area contributed by atoms with Crippen LogP contribution in [0.4, 0.5) is 4.39 Å². The van der Waals surface area contributed by atoms with Gasteiger partial charge in [0.1, 0.15) is 17.3 Å². The first-order valence-electron chi connectivity index (χ1n) is 8.35. The smallest absolute Gasteiger partial charge is 0.338 e. The Labute approximate surface area is 157 Å². The molecule has 0 aromatic heterocycles. The van der Waals surface area contributed by atoms with Crippen molar-refractivity contribution in [1.29, 1.82) is 0 Å². The zero-order chi connectivity index (χ0) is 19.8. The lowest BCUT2D eigenvalue weighted by Crippen LogP contribution is -2.30. The van der Waals surface area contributed by atoms with Crippen LogP contribution < -0.4 is 14.8 Å². The first-order chi connectivity index (χ1) is 12.9. The number of carbonyl (C=O) groups excluding carboxylic acids is 2. The number of halogens is 1. The van der Waals surface area contributed by atoms with Gasteiger partial charge in [0.2, 0.25) is 0 Å². The molecule has 0 saturated heterocycles. The standard InChI is InChI=1S/C20H22FNO5/c1-13-17(25-2)10-15(11-18(13)26-3)20(24)27-12-19(23)22-9-8-14-4-6-16(21)7-5-14/h4-7,10-11H,8-9,12H2,1-3H3,(H,22,23). The van der Waals surface area contributed by atoms with E-state index in [1.54, 1.807) is 19.1 Å². The van der Waals surface area contributed by atoms with E-state index in [0.29, 0.717) is 24.5 Å². The number of nitrogens with one attached hydrogen (secondary N) is 1. The maximum absolute atomic E-state index is 12.8. The van der Waals surface area contributed by atoms with E-state index in [4.69, 9.17) is 14.2 Å². The number of rotatable bonds is 8. The number of hydrogen-bond acceptors (Lipinski definition) is 5. The topological polar surface area (TPSA) is 73.9 Å². The van der Waals surface area contributed by atoms with E-state index in [-0.39, 0.29) is 11.4 Å². The van der Waals surface area contributed by atoms with Crippen molar-refractivity contribution in [3.8, 4) is 11.5 Å². The fourth-order valence-corrected chi connectivity index (χ4v) is 2.47. The molecule has 0 aliphatic carbocycles. The van der Waals surface area contributed by atoms with Crippen LogP contribution in [0.1, 0.15) is 21.5 Å². The summed E-state index contributed by atoms with van der Waals surface area (Å²) in [7, 11) is 2.98. The van der Waals surface area contributed by atoms with Gasteiger partial charge in [0.15, 0.2) is 6.61 Å². The molecule has 6 nitrogen and oxygen atoms in total. The van der Waals surface area contributed by atoms with Gasteiger partial charge in [-0.05, 0) is 43.2 Å². The minimum absolute atomic E-state index is 0.230. The quantitative estimate of drug-likeness (QED) is 0.718. The molecule has 1 N–H and O–H groups in total. The predicted octanol–water partition coefficient (Wildman–Crippen LogP) is 2.67. The van der Waals surface area contributed by atoms with Gasteiger partial charge in [0.05, 0.1) is 19.8 Å². The second-order valence-corrected chi connectivity index (χ2v) is 5.81. The molecule has 1 amide bonds. The second-order valence-electron chi connectivity index (χ2n) is 5.81. The number of benzene rings is 2. The summed E-state index contributed by atoms with van der Waals surface area (Å²) in [5.41, 5.74) is 1.89. The van der Waals surface area contributed by atoms with E-state index in [9.17, 15) is 14.0 Å². The number of hydrogen-bond donors (Lipinski definition) is 1. The number of amides is 1. The van der Waals surface area contributed by atoms with Gasteiger partial charge in [0.25, 0.3) is 5.91 Å². The Hall–Kier alpha value is -3.09. The molecule has 2 aromatic rings. The fourth-order valence-electron chi connectivity index (χ4n) is 2.47. The Morgan fingerprint density at radius 2 is 1.63 bits per heavy atom. The van der Waals surface area contributed by atoms with E-state index in [0.717, 1.165) is 11.1 Å². The second kappa shape index (κ2) is 9.56. The van der Waals surface area contributed by atoms with Gasteiger partial charge < -0.3 is 19.5 Å². The first kappa shape index (κ1) is 20.2. The SMILES string of the molecule is COc1cc(C(=O)OCC(=O)NCCc2ccc(F)cc2)cc(OC)c1C. The third kappa shape index (κ3) is 5.70. The molecule has 7 heteroatoms. The fraction of sp³-hybridized carbons (Fsp3) is 0.300. The highest BCUT2D eigenvalue weighted by Gasteiger charge is 2.15. The highest BCUT2D eigenvalue weighted by molar-refractivity contribution is 5.92. The molecule has 0 saturated carbocycles. The van der Waals surface area contributed by atoms with Gasteiger partial charge in [-0.15, -0.1) is 0 Å². The van der Waals surface area contributed by atoms with Gasteiger partial charge in [-0.1, -0.05) is 12.1 Å². The first-order valence-corrected chi connectivity index (χ1v) is 8.35. The summed E-state index contributed by atoms with van der Waals surface area (Å²) < 4.78 is 28.3. The van der Waals surface area contributed by atoms with E-state index in [1.165, 1.54) is 38.5 Å². The summed E-state index contributed by atoms with van der Waals surface area (Å²) in [4.78, 5) is 24.0. The Morgan fingerprint density at radius 3 is 2.19 bits per heavy atom. The third-order valence-electron chi connectivity index (χ3n) is 3.97. The Bertz CT molecular complexity index is 780. The number of methoxy groups -OCH3 is 2. The summed E-state index contributed by atoms with van der Waals surface area (Å²) >= 11 is 0. The maximum Gasteiger partial charge on any atom is 0.338 e. The van der Waals surface area contributed by atoms with Crippen molar-refractivity contribution in [2.24, 2.45) is 0 Å². The molecule has 0 heterocycles. The minimum atomic E-state index is -0.653. The molecule has 0 atom stereocenters. The van der Waals surface area contributed by atoms with Crippen LogP contribution in [0.15, 0.2) is 36.4 Å². The van der Waals surface area contributed by atoms with Crippen molar-refractivity contribution in [1.82, 2.24) is 5.32 Å². The molecular formula is C20H22FNO5. The van der Waals surface area contributed by atoms with E-state index >= 15 is 0 Å². The largest absolute Gasteiger partial charge is 0.496 e. The van der Waals surface area contributed by atoms with Crippen LogP contribution in [0.5, 0.6) is 11.5 Å². The molecule has 27 heavy (non-hydrogen) atoms. The zero-order valence-electron chi connectivity index (χ0n) is 15.5. The molecule has 0 spiro atoms. The van der Waals surface area contributed by atoms with Crippen LogP contribution >= 0.6 is 0 Å². The summed E-state index contributed by atoms with van der Waals surface area (Å²) in [6.07, 6.45) is 0.548. The molecule has 0 unspecified atom stereocenters. The molecule has 0 aliphatic rings. The molecule has 2 rings (SSSR count). The molecule has 0 bridgehead atoms. The van der Waals surface area contributed by atoms with Crippen molar-refractivity contribution >= 4 is 11.9 Å². The summed E-state index contributed by atoms with van der Waals surface area (Å²) in [5, 5.41) is 2.65. The van der Waals surface area contributed by atoms with Crippen molar-refractivity contribution < 1.29 is 28.2 Å². The summed E-state index contributed by atoms with van der Waals surface area (Å²) in [6, 6.07) is 9.10. The zero-order valence-corrected chi connectivity index (χ0v) is 15.5. The van der Waals surface area contributed by atoms with E-state index in [2.05, 4.69) is 5.32 Å². The Balaban J connectivity index is 1.84. The third-order valence-corrected chi connectivity index (χ3v) is 3.97. The number of carbonyl (C=O) groups is 2.